The SMILES string of the molecule is CCCCCCC1[Se]C(=O)c2ccccc21. The van der Waals surface area contributed by atoms with E-state index in [2.05, 4.69) is 19.1 Å². The van der Waals surface area contributed by atoms with Gasteiger partial charge in [0, 0.05) is 0 Å². The van der Waals surface area contributed by atoms with Crippen molar-refractivity contribution in [1.82, 2.24) is 0 Å². The Morgan fingerprint density at radius 2 is 2.00 bits per heavy atom. The third-order valence-electron chi connectivity index (χ3n) is 3.10. The van der Waals surface area contributed by atoms with E-state index in [9.17, 15) is 4.79 Å². The fourth-order valence-corrected chi connectivity index (χ4v) is 4.68. The number of rotatable bonds is 5. The Morgan fingerprint density at radius 3 is 2.81 bits per heavy atom. The average molecular weight is 281 g/mol. The summed E-state index contributed by atoms with van der Waals surface area (Å²) in [4.78, 5) is 12.4. The quantitative estimate of drug-likeness (QED) is 0.596. The second kappa shape index (κ2) is 5.65. The molecule has 0 saturated carbocycles. The van der Waals surface area contributed by atoms with E-state index < -0.39 is 0 Å². The third kappa shape index (κ3) is 2.56. The molecule has 86 valence electrons. The minimum absolute atomic E-state index is 0.163. The number of hydrogen-bond donors (Lipinski definition) is 0. The van der Waals surface area contributed by atoms with Crippen LogP contribution in [-0.4, -0.2) is 19.6 Å². The third-order valence-corrected chi connectivity index (χ3v) is 5.63. The zero-order valence-electron chi connectivity index (χ0n) is 9.74. The summed E-state index contributed by atoms with van der Waals surface area (Å²) in [5, 5.41) is 0. The van der Waals surface area contributed by atoms with Crippen LogP contribution >= 0.6 is 0 Å². The summed E-state index contributed by atoms with van der Waals surface area (Å²) in [5.41, 5.74) is 2.33. The van der Waals surface area contributed by atoms with Crippen LogP contribution in [0.3, 0.4) is 0 Å². The van der Waals surface area contributed by atoms with Gasteiger partial charge in [0.2, 0.25) is 0 Å². The number of benzene rings is 1. The standard InChI is InChI=1S/C14H18OSe/c1-2-3-4-5-10-13-11-8-6-7-9-12(11)14(15)16-13/h6-9,13H,2-5,10H2,1H3. The van der Waals surface area contributed by atoms with Crippen molar-refractivity contribution >= 4 is 19.6 Å². The normalized spacial score (nSPS) is 18.8. The van der Waals surface area contributed by atoms with Gasteiger partial charge in [0.1, 0.15) is 0 Å². The molecule has 16 heavy (non-hydrogen) atoms. The molecule has 0 amide bonds. The van der Waals surface area contributed by atoms with E-state index in [-0.39, 0.29) is 15.0 Å². The molecule has 0 radical (unpaired) electrons. The fraction of sp³-hybridized carbons (Fsp3) is 0.500. The van der Waals surface area contributed by atoms with E-state index in [1.54, 1.807) is 0 Å². The second-order valence-corrected chi connectivity index (χ2v) is 6.80. The number of carbonyl (C=O) groups excluding carboxylic acids is 1. The average Bonchev–Trinajstić information content (AvgIpc) is 2.63. The zero-order chi connectivity index (χ0) is 11.4. The van der Waals surface area contributed by atoms with Gasteiger partial charge in [-0.25, -0.2) is 0 Å². The Kier molecular flexibility index (Phi) is 4.20. The summed E-state index contributed by atoms with van der Waals surface area (Å²) >= 11 is 0.163. The van der Waals surface area contributed by atoms with Crippen molar-refractivity contribution in [3.05, 3.63) is 35.4 Å². The van der Waals surface area contributed by atoms with E-state index in [4.69, 9.17) is 0 Å². The van der Waals surface area contributed by atoms with Gasteiger partial charge in [0.15, 0.2) is 0 Å². The predicted molar refractivity (Wildman–Crippen MR) is 68.0 cm³/mol. The van der Waals surface area contributed by atoms with Crippen molar-refractivity contribution in [1.29, 1.82) is 0 Å². The molecule has 1 aromatic carbocycles. The second-order valence-electron chi connectivity index (χ2n) is 4.33. The van der Waals surface area contributed by atoms with Gasteiger partial charge in [-0.1, -0.05) is 0 Å². The summed E-state index contributed by atoms with van der Waals surface area (Å²) in [7, 11) is 0. The Morgan fingerprint density at radius 1 is 1.19 bits per heavy atom. The van der Waals surface area contributed by atoms with Gasteiger partial charge in [-0.15, -0.1) is 0 Å². The molecule has 1 heterocycles. The van der Waals surface area contributed by atoms with E-state index in [1.807, 2.05) is 12.1 Å². The summed E-state index contributed by atoms with van der Waals surface area (Å²) in [6.07, 6.45) is 6.42. The summed E-state index contributed by atoms with van der Waals surface area (Å²) in [6, 6.07) is 8.18. The molecule has 1 nitrogen and oxygen atoms in total. The predicted octanol–water partition coefficient (Wildman–Crippen LogP) is 3.56. The molecule has 0 spiro atoms. The van der Waals surface area contributed by atoms with Gasteiger partial charge in [0.05, 0.1) is 0 Å². The molecule has 0 aliphatic carbocycles. The van der Waals surface area contributed by atoms with Gasteiger partial charge in [-0.2, -0.15) is 0 Å². The van der Waals surface area contributed by atoms with Crippen LogP contribution in [0.4, 0.5) is 0 Å². The van der Waals surface area contributed by atoms with Crippen molar-refractivity contribution in [2.24, 2.45) is 0 Å². The molecule has 2 rings (SSSR count). The van der Waals surface area contributed by atoms with Crippen LogP contribution < -0.4 is 0 Å². The molecule has 1 atom stereocenters. The fourth-order valence-electron chi connectivity index (χ4n) is 2.19. The first-order chi connectivity index (χ1) is 7.83. The van der Waals surface area contributed by atoms with Crippen LogP contribution in [0, 0.1) is 0 Å². The van der Waals surface area contributed by atoms with Gasteiger partial charge in [0.25, 0.3) is 0 Å². The van der Waals surface area contributed by atoms with Gasteiger partial charge >= 0.3 is 104 Å². The van der Waals surface area contributed by atoms with Crippen LogP contribution in [0.25, 0.3) is 0 Å². The topological polar surface area (TPSA) is 17.1 Å². The van der Waals surface area contributed by atoms with Gasteiger partial charge in [-0.3, -0.25) is 0 Å². The summed E-state index contributed by atoms with van der Waals surface area (Å²) < 4.78 is 0.406. The molecule has 1 aromatic rings. The van der Waals surface area contributed by atoms with E-state index in [0.29, 0.717) is 9.50 Å². The van der Waals surface area contributed by atoms with Crippen LogP contribution in [-0.2, 0) is 0 Å². The zero-order valence-corrected chi connectivity index (χ0v) is 11.5. The molecule has 1 unspecified atom stereocenters. The monoisotopic (exact) mass is 282 g/mol. The van der Waals surface area contributed by atoms with Crippen molar-refractivity contribution in [2.45, 2.75) is 43.8 Å². The van der Waals surface area contributed by atoms with E-state index in [1.165, 1.54) is 37.7 Å². The number of carbonyl (C=O) groups is 1. The molecule has 0 aromatic heterocycles. The number of fused-ring (bicyclic) bond motifs is 1. The molecule has 0 fully saturated rings. The first-order valence-corrected chi connectivity index (χ1v) is 7.97. The first kappa shape index (κ1) is 11.9. The maximum absolute atomic E-state index is 11.8. The molecular weight excluding hydrogens is 263 g/mol. The first-order valence-electron chi connectivity index (χ1n) is 6.13. The summed E-state index contributed by atoms with van der Waals surface area (Å²) in [6.45, 7) is 2.23. The Balaban J connectivity index is 1.96. The van der Waals surface area contributed by atoms with Crippen molar-refractivity contribution < 1.29 is 4.79 Å². The molecule has 1 aliphatic heterocycles. The molecule has 1 aliphatic rings. The molecule has 0 bridgehead atoms. The number of unbranched alkanes of at least 4 members (excludes halogenated alkanes) is 3. The van der Waals surface area contributed by atoms with Crippen LogP contribution in [0.1, 0.15) is 59.8 Å². The van der Waals surface area contributed by atoms with Gasteiger partial charge in [-0.05, 0) is 0 Å². The summed E-state index contributed by atoms with van der Waals surface area (Å²) in [5.74, 6) is 0. The van der Waals surface area contributed by atoms with Crippen LogP contribution in [0.15, 0.2) is 24.3 Å². The maximum atomic E-state index is 11.8. The van der Waals surface area contributed by atoms with Crippen molar-refractivity contribution in [2.75, 3.05) is 0 Å². The van der Waals surface area contributed by atoms with E-state index >= 15 is 0 Å². The Bertz CT molecular complexity index is 373. The van der Waals surface area contributed by atoms with E-state index in [0.717, 1.165) is 5.56 Å². The van der Waals surface area contributed by atoms with Gasteiger partial charge < -0.3 is 0 Å². The Hall–Kier alpha value is -0.591. The molecule has 2 heteroatoms. The Labute approximate surface area is 104 Å². The molecule has 0 saturated heterocycles. The van der Waals surface area contributed by atoms with Crippen LogP contribution in [0.2, 0.25) is 0 Å². The van der Waals surface area contributed by atoms with Crippen molar-refractivity contribution in [3.63, 3.8) is 0 Å². The molecular formula is C14H18OSe. The molecule has 0 N–H and O–H groups in total. The number of hydrogen-bond acceptors (Lipinski definition) is 1. The minimum atomic E-state index is 0.163. The van der Waals surface area contributed by atoms with Crippen LogP contribution in [0.5, 0.6) is 0 Å². The van der Waals surface area contributed by atoms with Crippen molar-refractivity contribution in [3.8, 4) is 0 Å².